The van der Waals surface area contributed by atoms with E-state index in [4.69, 9.17) is 16.0 Å². The summed E-state index contributed by atoms with van der Waals surface area (Å²) in [7, 11) is 1.52. The Morgan fingerprint density at radius 3 is 2.58 bits per heavy atom. The molecule has 0 saturated carbocycles. The highest BCUT2D eigenvalue weighted by atomic mass is 35.5. The minimum absolute atomic E-state index is 0.0162. The Balaban J connectivity index is 1.58. The van der Waals surface area contributed by atoms with Crippen LogP contribution in [0.4, 0.5) is 5.95 Å². The number of aromatic hydroxyl groups is 1. The number of hydrogen-bond acceptors (Lipinski definition) is 7. The van der Waals surface area contributed by atoms with Gasteiger partial charge in [0, 0.05) is 18.6 Å². The fourth-order valence-electron chi connectivity index (χ4n) is 4.95. The molecule has 2 aromatic heterocycles. The highest BCUT2D eigenvalue weighted by molar-refractivity contribution is 6.31. The Kier molecular flexibility index (Phi) is 5.65. The van der Waals surface area contributed by atoms with Gasteiger partial charge in [0.25, 0.3) is 11.4 Å². The maximum absolute atomic E-state index is 13.2. The van der Waals surface area contributed by atoms with Gasteiger partial charge in [-0.1, -0.05) is 48.0 Å². The number of rotatable bonds is 4. The van der Waals surface area contributed by atoms with Gasteiger partial charge >= 0.3 is 5.97 Å². The molecule has 10 heteroatoms. The normalized spacial score (nSPS) is 15.0. The number of para-hydroxylation sites is 2. The summed E-state index contributed by atoms with van der Waals surface area (Å²) in [6, 6.07) is 18.9. The van der Waals surface area contributed by atoms with Crippen LogP contribution in [-0.4, -0.2) is 37.3 Å². The fourth-order valence-corrected chi connectivity index (χ4v) is 5.19. The van der Waals surface area contributed by atoms with Crippen molar-refractivity contribution in [2.45, 2.75) is 12.5 Å². The van der Waals surface area contributed by atoms with Crippen LogP contribution < -0.4 is 10.5 Å². The second-order valence-corrected chi connectivity index (χ2v) is 9.45. The number of carbonyl (C=O) groups is 1. The number of aromatic carboxylic acids is 1. The van der Waals surface area contributed by atoms with Gasteiger partial charge in [0.2, 0.25) is 11.7 Å². The van der Waals surface area contributed by atoms with Gasteiger partial charge in [0.1, 0.15) is 5.52 Å². The van der Waals surface area contributed by atoms with Crippen LogP contribution in [0.5, 0.6) is 5.75 Å². The van der Waals surface area contributed by atoms with E-state index < -0.39 is 23.3 Å². The summed E-state index contributed by atoms with van der Waals surface area (Å²) in [5.74, 6) is -1.36. The molecule has 0 aliphatic carbocycles. The first kappa shape index (κ1) is 23.7. The number of anilines is 1. The maximum Gasteiger partial charge on any atom is 0.335 e. The third-order valence-electron chi connectivity index (χ3n) is 6.82. The molecule has 1 aliphatic rings. The zero-order valence-electron chi connectivity index (χ0n) is 20.1. The van der Waals surface area contributed by atoms with Crippen molar-refractivity contribution in [1.29, 1.82) is 0 Å². The minimum Gasteiger partial charge on any atom is -0.501 e. The van der Waals surface area contributed by atoms with Crippen molar-refractivity contribution >= 4 is 34.6 Å². The Labute approximate surface area is 221 Å². The summed E-state index contributed by atoms with van der Waals surface area (Å²) < 4.78 is 7.08. The molecule has 3 heterocycles. The van der Waals surface area contributed by atoms with Crippen LogP contribution in [0.3, 0.4) is 0 Å². The van der Waals surface area contributed by atoms with Crippen LogP contribution in [0.2, 0.25) is 5.02 Å². The van der Waals surface area contributed by atoms with Gasteiger partial charge in [-0.3, -0.25) is 9.36 Å². The standard InChI is InChI=1S/C28H21ClN4O5/c1-32-26(35)24(34)22(25-30-20-8-4-5-9-21(20)38-25)31-28(32)33-13-12-15-10-11-16(27(36)37)14-18(15)23(33)17-6-2-3-7-19(17)29/h2-11,14,23,34H,12-13H2,1H3,(H,36,37)/t23-/m1/s1. The Morgan fingerprint density at radius 1 is 1.05 bits per heavy atom. The van der Waals surface area contributed by atoms with E-state index in [0.717, 1.165) is 16.7 Å². The predicted molar refractivity (Wildman–Crippen MR) is 142 cm³/mol. The summed E-state index contributed by atoms with van der Waals surface area (Å²) in [5.41, 5.74) is 2.89. The molecule has 0 unspecified atom stereocenters. The lowest BCUT2D eigenvalue weighted by molar-refractivity contribution is 0.0696. The summed E-state index contributed by atoms with van der Waals surface area (Å²) in [6.45, 7) is 0.452. The van der Waals surface area contributed by atoms with Crippen LogP contribution in [0.25, 0.3) is 22.7 Å². The molecule has 5 aromatic rings. The highest BCUT2D eigenvalue weighted by Gasteiger charge is 2.34. The van der Waals surface area contributed by atoms with Crippen LogP contribution in [-0.2, 0) is 13.5 Å². The molecule has 3 aromatic carbocycles. The van der Waals surface area contributed by atoms with E-state index in [1.165, 1.54) is 11.6 Å². The van der Waals surface area contributed by atoms with Crippen molar-refractivity contribution in [3.63, 3.8) is 0 Å². The van der Waals surface area contributed by atoms with E-state index in [-0.39, 0.29) is 23.1 Å². The maximum atomic E-state index is 13.2. The molecule has 1 atom stereocenters. The smallest absolute Gasteiger partial charge is 0.335 e. The molecule has 9 nitrogen and oxygen atoms in total. The summed E-state index contributed by atoms with van der Waals surface area (Å²) in [4.78, 5) is 36.0. The first-order chi connectivity index (χ1) is 18.3. The average Bonchev–Trinajstić information content (AvgIpc) is 3.35. The van der Waals surface area contributed by atoms with Crippen molar-refractivity contribution in [3.05, 3.63) is 104 Å². The van der Waals surface area contributed by atoms with Crippen molar-refractivity contribution in [2.24, 2.45) is 7.05 Å². The van der Waals surface area contributed by atoms with Gasteiger partial charge in [0.15, 0.2) is 11.3 Å². The third-order valence-corrected chi connectivity index (χ3v) is 7.16. The number of fused-ring (bicyclic) bond motifs is 2. The van der Waals surface area contributed by atoms with Gasteiger partial charge in [-0.15, -0.1) is 0 Å². The van der Waals surface area contributed by atoms with E-state index in [9.17, 15) is 19.8 Å². The van der Waals surface area contributed by atoms with E-state index in [2.05, 4.69) is 9.97 Å². The van der Waals surface area contributed by atoms with Crippen molar-refractivity contribution < 1.29 is 19.4 Å². The molecule has 0 fully saturated rings. The molecule has 2 N–H and O–H groups in total. The van der Waals surface area contributed by atoms with Crippen LogP contribution in [0.1, 0.15) is 33.1 Å². The lowest BCUT2D eigenvalue weighted by atomic mass is 9.87. The molecule has 38 heavy (non-hydrogen) atoms. The van der Waals surface area contributed by atoms with Crippen LogP contribution in [0, 0.1) is 0 Å². The Morgan fingerprint density at radius 2 is 1.82 bits per heavy atom. The van der Waals surface area contributed by atoms with Gasteiger partial charge < -0.3 is 19.5 Å². The lowest BCUT2D eigenvalue weighted by Crippen LogP contribution is -2.40. The topological polar surface area (TPSA) is 122 Å². The van der Waals surface area contributed by atoms with Crippen LogP contribution in [0.15, 0.2) is 75.9 Å². The number of aromatic nitrogens is 3. The second-order valence-electron chi connectivity index (χ2n) is 9.05. The lowest BCUT2D eigenvalue weighted by Gasteiger charge is -2.39. The first-order valence-corrected chi connectivity index (χ1v) is 12.2. The molecule has 1 aliphatic heterocycles. The van der Waals surface area contributed by atoms with E-state index in [1.807, 2.05) is 35.2 Å². The highest BCUT2D eigenvalue weighted by Crippen LogP contribution is 2.41. The molecular formula is C28H21ClN4O5. The molecule has 0 bridgehead atoms. The van der Waals surface area contributed by atoms with Crippen molar-refractivity contribution in [3.8, 4) is 17.3 Å². The first-order valence-electron chi connectivity index (χ1n) is 11.9. The number of halogens is 1. The van der Waals surface area contributed by atoms with Gasteiger partial charge in [0.05, 0.1) is 11.6 Å². The zero-order chi connectivity index (χ0) is 26.6. The van der Waals surface area contributed by atoms with Gasteiger partial charge in [-0.25, -0.2) is 14.8 Å². The third kappa shape index (κ3) is 3.79. The number of oxazole rings is 1. The molecule has 0 saturated heterocycles. The van der Waals surface area contributed by atoms with Crippen LogP contribution >= 0.6 is 11.6 Å². The van der Waals surface area contributed by atoms with Gasteiger partial charge in [-0.05, 0) is 53.4 Å². The van der Waals surface area contributed by atoms with Gasteiger partial charge in [-0.2, -0.15) is 0 Å². The molecule has 0 radical (unpaired) electrons. The zero-order valence-corrected chi connectivity index (χ0v) is 20.9. The largest absolute Gasteiger partial charge is 0.501 e. The molecule has 190 valence electrons. The number of benzene rings is 3. The minimum atomic E-state index is -1.05. The van der Waals surface area contributed by atoms with Crippen molar-refractivity contribution in [2.75, 3.05) is 11.4 Å². The number of carboxylic acid groups (broad SMARTS) is 1. The van der Waals surface area contributed by atoms with E-state index in [0.29, 0.717) is 29.1 Å². The Bertz CT molecular complexity index is 1760. The van der Waals surface area contributed by atoms with E-state index in [1.54, 1.807) is 36.4 Å². The molecular weight excluding hydrogens is 508 g/mol. The number of hydrogen-bond donors (Lipinski definition) is 2. The summed E-state index contributed by atoms with van der Waals surface area (Å²) in [6.07, 6.45) is 0.575. The number of nitrogens with zero attached hydrogens (tertiary/aromatic N) is 4. The predicted octanol–water partition coefficient (Wildman–Crippen LogP) is 4.80. The second kappa shape index (κ2) is 9.04. The monoisotopic (exact) mass is 528 g/mol. The molecule has 0 spiro atoms. The summed E-state index contributed by atoms with van der Waals surface area (Å²) in [5, 5.41) is 20.9. The van der Waals surface area contributed by atoms with Crippen molar-refractivity contribution in [1.82, 2.24) is 14.5 Å². The molecule has 0 amide bonds. The quantitative estimate of drug-likeness (QED) is 0.341. The summed E-state index contributed by atoms with van der Waals surface area (Å²) >= 11 is 6.65. The Hall–Kier alpha value is -4.63. The van der Waals surface area contributed by atoms with E-state index >= 15 is 0 Å². The fraction of sp³-hybridized carbons (Fsp3) is 0.143. The SMILES string of the molecule is Cn1c(N2CCc3ccc(C(=O)O)cc3[C@H]2c2ccccc2Cl)nc(-c2nc3ccccc3o2)c(O)c1=O. The number of carboxylic acids is 1. The average molecular weight is 529 g/mol. The molecule has 6 rings (SSSR count).